The molecule has 2 aliphatic carbocycles. The molecule has 1 aromatic heterocycles. The van der Waals surface area contributed by atoms with Crippen molar-refractivity contribution in [2.45, 2.75) is 45.7 Å². The minimum atomic E-state index is 0.289. The first-order valence-electron chi connectivity index (χ1n) is 8.02. The van der Waals surface area contributed by atoms with E-state index in [0.29, 0.717) is 31.3 Å². The molecule has 1 aliphatic heterocycles. The second kappa shape index (κ2) is 4.93. The van der Waals surface area contributed by atoms with Crippen LogP contribution in [0.4, 0.5) is 0 Å². The first-order chi connectivity index (χ1) is 10.2. The summed E-state index contributed by atoms with van der Waals surface area (Å²) < 4.78 is 0. The predicted octanol–water partition coefficient (Wildman–Crippen LogP) is 2.48. The van der Waals surface area contributed by atoms with Crippen molar-refractivity contribution in [2.24, 2.45) is 17.8 Å². The summed E-state index contributed by atoms with van der Waals surface area (Å²) in [6.45, 7) is 3.41. The molecule has 1 fully saturated rings. The average molecular weight is 283 g/mol. The Morgan fingerprint density at radius 1 is 1.33 bits per heavy atom. The quantitative estimate of drug-likeness (QED) is 0.801. The lowest BCUT2D eigenvalue weighted by Gasteiger charge is -2.21. The smallest absolute Gasteiger partial charge is 0.223 e. The van der Waals surface area contributed by atoms with Crippen LogP contribution in [0.1, 0.15) is 43.3 Å². The largest absolute Gasteiger partial charge is 0.332 e. The first-order valence-corrected chi connectivity index (χ1v) is 8.02. The Morgan fingerprint density at radius 2 is 2.24 bits per heavy atom. The minimum absolute atomic E-state index is 0.289. The maximum absolute atomic E-state index is 12.6. The summed E-state index contributed by atoms with van der Waals surface area (Å²) in [5.74, 6) is 3.11. The highest BCUT2D eigenvalue weighted by Gasteiger charge is 2.38. The van der Waals surface area contributed by atoms with E-state index in [1.54, 1.807) is 0 Å². The van der Waals surface area contributed by atoms with Crippen molar-refractivity contribution in [3.05, 3.63) is 35.4 Å². The van der Waals surface area contributed by atoms with E-state index in [2.05, 4.69) is 29.0 Å². The fraction of sp³-hybridized carbons (Fsp3) is 0.588. The Balaban J connectivity index is 1.42. The summed E-state index contributed by atoms with van der Waals surface area (Å²) >= 11 is 0. The Morgan fingerprint density at radius 3 is 2.95 bits per heavy atom. The molecule has 1 saturated carbocycles. The minimum Gasteiger partial charge on any atom is -0.332 e. The fourth-order valence-electron chi connectivity index (χ4n) is 4.02. The number of amides is 1. The number of carbonyl (C=O) groups is 1. The van der Waals surface area contributed by atoms with E-state index in [0.717, 1.165) is 29.4 Å². The Bertz CT molecular complexity index is 610. The Labute approximate surface area is 125 Å². The SMILES string of the molecule is CCc1ncc2c(n1)CN(C(=O)C[C@@H]1C[C@@H]3C=C[C@H]1C3)C2. The van der Waals surface area contributed by atoms with Gasteiger partial charge >= 0.3 is 0 Å². The number of carbonyl (C=O) groups excluding carboxylic acids is 1. The molecule has 2 heterocycles. The Kier molecular flexibility index (Phi) is 3.05. The van der Waals surface area contributed by atoms with Gasteiger partial charge < -0.3 is 4.90 Å². The molecule has 4 nitrogen and oxygen atoms in total. The van der Waals surface area contributed by atoms with E-state index in [9.17, 15) is 4.79 Å². The van der Waals surface area contributed by atoms with Crippen LogP contribution in [-0.4, -0.2) is 20.8 Å². The number of allylic oxidation sites excluding steroid dienone is 2. The van der Waals surface area contributed by atoms with E-state index in [1.165, 1.54) is 12.8 Å². The highest BCUT2D eigenvalue weighted by Crippen LogP contribution is 2.45. The van der Waals surface area contributed by atoms with Gasteiger partial charge in [0.25, 0.3) is 0 Å². The van der Waals surface area contributed by atoms with Gasteiger partial charge in [0, 0.05) is 31.1 Å². The molecule has 21 heavy (non-hydrogen) atoms. The van der Waals surface area contributed by atoms with Gasteiger partial charge in [-0.2, -0.15) is 0 Å². The molecule has 0 aromatic carbocycles. The molecule has 4 rings (SSSR count). The van der Waals surface area contributed by atoms with E-state index >= 15 is 0 Å². The van der Waals surface area contributed by atoms with Crippen molar-refractivity contribution < 1.29 is 4.79 Å². The molecule has 0 N–H and O–H groups in total. The van der Waals surface area contributed by atoms with Crippen LogP contribution < -0.4 is 0 Å². The predicted molar refractivity (Wildman–Crippen MR) is 79.1 cm³/mol. The molecule has 0 radical (unpaired) electrons. The van der Waals surface area contributed by atoms with Crippen molar-refractivity contribution in [3.63, 3.8) is 0 Å². The standard InChI is InChI=1S/C17H21N3O/c1-2-16-18-8-14-9-20(10-15(14)19-16)17(21)7-13-6-11-3-4-12(13)5-11/h3-4,8,11-13H,2,5-7,9-10H2,1H3/t11-,12+,13+/m1/s1. The van der Waals surface area contributed by atoms with Gasteiger partial charge in [-0.3, -0.25) is 4.79 Å². The zero-order valence-electron chi connectivity index (χ0n) is 12.5. The van der Waals surface area contributed by atoms with Gasteiger partial charge in [-0.25, -0.2) is 9.97 Å². The number of aromatic nitrogens is 2. The summed E-state index contributed by atoms with van der Waals surface area (Å²) in [4.78, 5) is 23.4. The van der Waals surface area contributed by atoms with E-state index < -0.39 is 0 Å². The molecule has 0 spiro atoms. The van der Waals surface area contributed by atoms with Crippen molar-refractivity contribution in [2.75, 3.05) is 0 Å². The number of rotatable bonds is 3. The lowest BCUT2D eigenvalue weighted by Crippen LogP contribution is -2.28. The van der Waals surface area contributed by atoms with Gasteiger partial charge in [-0.05, 0) is 30.6 Å². The zero-order chi connectivity index (χ0) is 14.4. The topological polar surface area (TPSA) is 46.1 Å². The molecule has 3 atom stereocenters. The average Bonchev–Trinajstić information content (AvgIpc) is 3.20. The fourth-order valence-corrected chi connectivity index (χ4v) is 4.02. The van der Waals surface area contributed by atoms with Crippen LogP contribution >= 0.6 is 0 Å². The van der Waals surface area contributed by atoms with Crippen LogP contribution in [0.3, 0.4) is 0 Å². The van der Waals surface area contributed by atoms with Crippen molar-refractivity contribution in [3.8, 4) is 0 Å². The number of hydrogen-bond donors (Lipinski definition) is 0. The van der Waals surface area contributed by atoms with Crippen LogP contribution in [0.2, 0.25) is 0 Å². The van der Waals surface area contributed by atoms with Gasteiger partial charge in [0.15, 0.2) is 0 Å². The lowest BCUT2D eigenvalue weighted by atomic mass is 9.90. The van der Waals surface area contributed by atoms with Gasteiger partial charge in [0.05, 0.1) is 12.2 Å². The van der Waals surface area contributed by atoms with Gasteiger partial charge in [0.1, 0.15) is 5.82 Å². The van der Waals surface area contributed by atoms with Gasteiger partial charge in [-0.1, -0.05) is 19.1 Å². The summed E-state index contributed by atoms with van der Waals surface area (Å²) in [6, 6.07) is 0. The van der Waals surface area contributed by atoms with E-state index in [-0.39, 0.29) is 5.91 Å². The highest BCUT2D eigenvalue weighted by molar-refractivity contribution is 5.77. The number of fused-ring (bicyclic) bond motifs is 3. The van der Waals surface area contributed by atoms with Gasteiger partial charge in [0.2, 0.25) is 5.91 Å². The molecule has 1 aromatic rings. The maximum atomic E-state index is 12.6. The lowest BCUT2D eigenvalue weighted by molar-refractivity contribution is -0.133. The molecular formula is C17H21N3O. The van der Waals surface area contributed by atoms with Crippen molar-refractivity contribution in [1.82, 2.24) is 14.9 Å². The second-order valence-electron chi connectivity index (χ2n) is 6.61. The number of aryl methyl sites for hydroxylation is 1. The monoisotopic (exact) mass is 283 g/mol. The molecule has 2 bridgehead atoms. The first kappa shape index (κ1) is 13.0. The second-order valence-corrected chi connectivity index (χ2v) is 6.61. The number of hydrogen-bond acceptors (Lipinski definition) is 3. The Hall–Kier alpha value is -1.71. The number of nitrogens with zero attached hydrogens (tertiary/aromatic N) is 3. The van der Waals surface area contributed by atoms with Crippen molar-refractivity contribution in [1.29, 1.82) is 0 Å². The third-order valence-electron chi connectivity index (χ3n) is 5.23. The molecule has 3 aliphatic rings. The third kappa shape index (κ3) is 2.27. The molecule has 0 unspecified atom stereocenters. The van der Waals surface area contributed by atoms with Crippen LogP contribution in [0.25, 0.3) is 0 Å². The van der Waals surface area contributed by atoms with Crippen LogP contribution in [0.5, 0.6) is 0 Å². The van der Waals surface area contributed by atoms with Crippen LogP contribution in [-0.2, 0) is 24.3 Å². The summed E-state index contributed by atoms with van der Waals surface area (Å²) in [6.07, 6.45) is 10.6. The van der Waals surface area contributed by atoms with Crippen LogP contribution in [0, 0.1) is 17.8 Å². The summed E-state index contributed by atoms with van der Waals surface area (Å²) in [5.41, 5.74) is 2.16. The zero-order valence-corrected chi connectivity index (χ0v) is 12.5. The molecule has 4 heteroatoms. The molecule has 0 saturated heterocycles. The van der Waals surface area contributed by atoms with Crippen LogP contribution in [0.15, 0.2) is 18.3 Å². The van der Waals surface area contributed by atoms with Gasteiger partial charge in [-0.15, -0.1) is 0 Å². The molecule has 1 amide bonds. The molecule has 110 valence electrons. The van der Waals surface area contributed by atoms with E-state index in [4.69, 9.17) is 0 Å². The summed E-state index contributed by atoms with van der Waals surface area (Å²) in [5, 5.41) is 0. The van der Waals surface area contributed by atoms with E-state index in [1.807, 2.05) is 11.1 Å². The maximum Gasteiger partial charge on any atom is 0.223 e. The third-order valence-corrected chi connectivity index (χ3v) is 5.23. The molecular weight excluding hydrogens is 262 g/mol. The van der Waals surface area contributed by atoms with Crippen molar-refractivity contribution >= 4 is 5.91 Å². The normalized spacial score (nSPS) is 29.2. The summed E-state index contributed by atoms with van der Waals surface area (Å²) in [7, 11) is 0. The highest BCUT2D eigenvalue weighted by atomic mass is 16.2.